The van der Waals surface area contributed by atoms with Gasteiger partial charge in [-0.3, -0.25) is 9.59 Å². The van der Waals surface area contributed by atoms with Crippen LogP contribution in [0.4, 0.5) is 0 Å². The van der Waals surface area contributed by atoms with Crippen LogP contribution in [0.3, 0.4) is 0 Å². The van der Waals surface area contributed by atoms with Gasteiger partial charge < -0.3 is 37.7 Å². The molecule has 0 atom stereocenters. The molecule has 0 bridgehead atoms. The van der Waals surface area contributed by atoms with E-state index in [2.05, 4.69) is 128 Å². The van der Waals surface area contributed by atoms with Gasteiger partial charge in [0.15, 0.2) is 0 Å². The molecule has 0 radical (unpaired) electrons. The van der Waals surface area contributed by atoms with Crippen LogP contribution in [0.1, 0.15) is 55.4 Å². The van der Waals surface area contributed by atoms with Gasteiger partial charge in [-0.15, -0.1) is 10.9 Å². The fourth-order valence-electron chi connectivity index (χ4n) is 10.6. The molecule has 388 valence electrons. The summed E-state index contributed by atoms with van der Waals surface area (Å²) in [7, 11) is -2.16. The van der Waals surface area contributed by atoms with Crippen LogP contribution in [0.25, 0.3) is 0 Å². The van der Waals surface area contributed by atoms with Crippen molar-refractivity contribution in [3.63, 3.8) is 0 Å². The summed E-state index contributed by atoms with van der Waals surface area (Å²) in [4.78, 5) is 25.6. The maximum Gasteiger partial charge on any atom is 1.00 e. The number of hydrogen-bond donors (Lipinski definition) is 0. The number of fused-ring (bicyclic) bond motifs is 2. The van der Waals surface area contributed by atoms with E-state index < -0.39 is 28.5 Å². The van der Waals surface area contributed by atoms with Gasteiger partial charge in [0, 0.05) is 15.8 Å². The van der Waals surface area contributed by atoms with E-state index in [1.165, 1.54) is 10.6 Å². The van der Waals surface area contributed by atoms with Crippen molar-refractivity contribution in [3.8, 4) is 0 Å². The van der Waals surface area contributed by atoms with E-state index in [1.807, 2.05) is 60.7 Å². The summed E-state index contributed by atoms with van der Waals surface area (Å²) in [6, 6.07) is 45.6. The molecule has 0 spiro atoms. The van der Waals surface area contributed by atoms with E-state index in [1.54, 1.807) is 0 Å². The van der Waals surface area contributed by atoms with Gasteiger partial charge in [-0.2, -0.15) is 21.9 Å². The van der Waals surface area contributed by atoms with E-state index in [4.69, 9.17) is 37.7 Å². The molecule has 0 unspecified atom stereocenters. The molecule has 2 aliphatic heterocycles. The standard InChI is InChI=1S/C38H46B2O4P2.C12H24O6.C6H6.Au.K/c1-27(2)45(28(3)4)37-23-15-13-21-35(37)39(43-25-41)31-17-9-11-19-33(31)40(44-26-42,34-20-12-10-18-32(34)39)36-22-14-16-24-38(36)46(29(5)6)30(7)8;1-2-14-5-6-16-9-10-18-12-11-17-8-7-15-4-3-13-1;1-2-4-6-5-3-1;;/h9-30H,1-8H3;1-12H2;1-6H;;/q-2;;;2*+1/p+2. The van der Waals surface area contributed by atoms with Crippen LogP contribution in [0.15, 0.2) is 133 Å². The van der Waals surface area contributed by atoms with Gasteiger partial charge in [0.25, 0.3) is 0 Å². The Morgan fingerprint density at radius 3 is 0.750 bits per heavy atom. The molecule has 5 aromatic rings. The summed E-state index contributed by atoms with van der Waals surface area (Å²) < 4.78 is 45.1. The molecule has 0 aromatic heterocycles. The zero-order valence-corrected chi connectivity index (χ0v) is 51.5. The Labute approximate surface area is 491 Å². The second-order valence-electron chi connectivity index (χ2n) is 18.8. The normalized spacial score (nSPS) is 18.9. The molecule has 1 fully saturated rings. The molecule has 0 saturated carbocycles. The molecule has 1 saturated heterocycles. The fraction of sp³-hybridized carbons (Fsp3) is 0.429. The fourth-order valence-corrected chi connectivity index (χ4v) is 17.6. The van der Waals surface area contributed by atoms with Crippen molar-refractivity contribution in [2.45, 2.75) is 78.0 Å². The average molecular weight is 1230 g/mol. The van der Waals surface area contributed by atoms with Gasteiger partial charge in [-0.25, -0.2) is 0 Å². The maximum absolute atomic E-state index is 12.8. The van der Waals surface area contributed by atoms with Crippen molar-refractivity contribution in [2.75, 3.05) is 79.3 Å². The van der Waals surface area contributed by atoms with E-state index in [-0.39, 0.29) is 73.8 Å². The Kier molecular flexibility index (Phi) is 31.1. The molecule has 2 aliphatic rings. The van der Waals surface area contributed by atoms with Crippen LogP contribution in [-0.2, 0) is 69.7 Å². The largest absolute Gasteiger partial charge is 1.00 e. The van der Waals surface area contributed by atoms with Crippen molar-refractivity contribution in [1.29, 1.82) is 0 Å². The first-order chi connectivity index (χ1) is 34.1. The average Bonchev–Trinajstić information content (AvgIpc) is 3.36. The smallest absolute Gasteiger partial charge is 0.679 e. The topological polar surface area (TPSA) is 108 Å². The summed E-state index contributed by atoms with van der Waals surface area (Å²) in [5, 5.41) is 2.57. The molecular weight excluding hydrogens is 1150 g/mol. The van der Waals surface area contributed by atoms with Crippen molar-refractivity contribution >= 4 is 84.9 Å². The van der Waals surface area contributed by atoms with Gasteiger partial charge in [0.05, 0.1) is 113 Å². The number of rotatable bonds is 12. The molecule has 5 aromatic carbocycles. The molecular formula is C56H78AuB2KO10P2+2. The molecule has 7 rings (SSSR count). The third-order valence-corrected chi connectivity index (χ3v) is 20.2. The number of ether oxygens (including phenoxy) is 6. The molecule has 72 heavy (non-hydrogen) atoms. The van der Waals surface area contributed by atoms with Gasteiger partial charge >= 0.3 is 73.8 Å². The van der Waals surface area contributed by atoms with Crippen LogP contribution < -0.4 is 94.8 Å². The third kappa shape index (κ3) is 17.1. The van der Waals surface area contributed by atoms with Crippen molar-refractivity contribution in [3.05, 3.63) is 133 Å². The zero-order valence-electron chi connectivity index (χ0n) is 44.2. The van der Waals surface area contributed by atoms with E-state index >= 15 is 0 Å². The molecule has 0 aliphatic carbocycles. The van der Waals surface area contributed by atoms with Crippen molar-refractivity contribution in [2.24, 2.45) is 0 Å². The monoisotopic (exact) mass is 1230 g/mol. The summed E-state index contributed by atoms with van der Waals surface area (Å²) in [5.74, 6) is 0. The molecule has 16 heteroatoms. The van der Waals surface area contributed by atoms with Gasteiger partial charge in [-0.1, -0.05) is 121 Å². The molecule has 2 heterocycles. The Morgan fingerprint density at radius 2 is 0.556 bits per heavy atom. The quantitative estimate of drug-likeness (QED) is 0.105. The van der Waals surface area contributed by atoms with E-state index in [9.17, 15) is 9.59 Å². The number of carbonyl (C=O) groups excluding carboxylic acids is 2. The predicted molar refractivity (Wildman–Crippen MR) is 297 cm³/mol. The predicted octanol–water partition coefficient (Wildman–Crippen LogP) is 2.38. The zero-order chi connectivity index (χ0) is 50.2. The van der Waals surface area contributed by atoms with Crippen LogP contribution >= 0.6 is 15.8 Å². The Balaban J connectivity index is 0.000000434. The minimum absolute atomic E-state index is 0. The van der Waals surface area contributed by atoms with Crippen molar-refractivity contribution < 1.29 is 121 Å². The second kappa shape index (κ2) is 34.8. The van der Waals surface area contributed by atoms with E-state index in [0.29, 0.717) is 115 Å². The number of hydrogen-bond acceptors (Lipinski definition) is 10. The maximum atomic E-state index is 12.8. The summed E-state index contributed by atoms with van der Waals surface area (Å²) >= 11 is 0. The Bertz CT molecular complexity index is 2010. The minimum atomic E-state index is -2.23. The van der Waals surface area contributed by atoms with Crippen LogP contribution in [-0.4, -0.2) is 128 Å². The summed E-state index contributed by atoms with van der Waals surface area (Å²) in [6.07, 6.45) is -4.47. The van der Waals surface area contributed by atoms with E-state index in [0.717, 1.165) is 32.8 Å². The molecule has 0 amide bonds. The van der Waals surface area contributed by atoms with Gasteiger partial charge in [0.1, 0.15) is 0 Å². The first-order valence-corrected chi connectivity index (χ1v) is 28.5. The summed E-state index contributed by atoms with van der Waals surface area (Å²) in [5.41, 5.74) is 7.53. The third-order valence-electron chi connectivity index (χ3n) is 13.1. The number of benzene rings is 5. The SMILES string of the molecule is C1COCCOCCOCCOCCOCCO1.CC(C)[PH+](c1ccccc1[B-]1(OC=O)c2ccccc2[B-](OC=O)(c2ccccc2[PH+](C(C)C)C(C)C)c2ccccc21)C(C)C.[Au+].[K+].c1ccccc1. The van der Waals surface area contributed by atoms with Crippen LogP contribution in [0, 0.1) is 0 Å². The molecule has 0 N–H and O–H groups in total. The number of carbonyl (C=O) groups is 2. The van der Waals surface area contributed by atoms with Gasteiger partial charge in [-0.05, 0) is 67.5 Å². The Hall–Kier alpha value is -1.83. The van der Waals surface area contributed by atoms with Crippen LogP contribution in [0.5, 0.6) is 0 Å². The van der Waals surface area contributed by atoms with Crippen molar-refractivity contribution in [1.82, 2.24) is 0 Å². The first kappa shape index (κ1) is 64.5. The summed E-state index contributed by atoms with van der Waals surface area (Å²) in [6.45, 7) is 26.7. The van der Waals surface area contributed by atoms with Crippen LogP contribution in [0.2, 0.25) is 0 Å². The minimum Gasteiger partial charge on any atom is -0.679 e. The first-order valence-electron chi connectivity index (χ1n) is 25.2. The Morgan fingerprint density at radius 1 is 0.361 bits per heavy atom. The molecule has 10 nitrogen and oxygen atoms in total. The van der Waals surface area contributed by atoms with Gasteiger partial charge in [0.2, 0.25) is 25.6 Å². The second-order valence-corrected chi connectivity index (χ2v) is 26.3.